The van der Waals surface area contributed by atoms with Crippen molar-refractivity contribution in [1.82, 2.24) is 14.9 Å². The third-order valence-corrected chi connectivity index (χ3v) is 6.99. The Kier molecular flexibility index (Phi) is 5.07. The lowest BCUT2D eigenvalue weighted by Gasteiger charge is -2.28. The highest BCUT2D eigenvalue weighted by atomic mass is 32.2. The molecule has 148 valence electrons. The second-order valence-electron chi connectivity index (χ2n) is 7.04. The van der Waals surface area contributed by atoms with Gasteiger partial charge in [0.1, 0.15) is 22.9 Å². The smallest absolute Gasteiger partial charge is 0.235 e. The molecule has 6 nitrogen and oxygen atoms in total. The molecule has 3 heterocycles. The highest BCUT2D eigenvalue weighted by Crippen LogP contribution is 2.38. The Morgan fingerprint density at radius 1 is 1.21 bits per heavy atom. The molecule has 1 saturated heterocycles. The summed E-state index contributed by atoms with van der Waals surface area (Å²) in [6.07, 6.45) is 4.45. The van der Waals surface area contributed by atoms with Crippen LogP contribution in [0.25, 0.3) is 21.3 Å². The van der Waals surface area contributed by atoms with E-state index in [0.717, 1.165) is 43.0 Å². The van der Waals surface area contributed by atoms with Crippen molar-refractivity contribution >= 4 is 31.4 Å². The van der Waals surface area contributed by atoms with Gasteiger partial charge in [-0.3, -0.25) is 0 Å². The van der Waals surface area contributed by atoms with Gasteiger partial charge in [0.25, 0.3) is 0 Å². The number of likely N-dealkylation sites (tertiary alicyclic amines) is 1. The molecule has 1 aromatic carbocycles. The van der Waals surface area contributed by atoms with E-state index in [1.807, 2.05) is 0 Å². The molecular weight excluding hydrogens is 401 g/mol. The van der Waals surface area contributed by atoms with Crippen molar-refractivity contribution in [3.05, 3.63) is 35.7 Å². The topological polar surface area (TPSA) is 72.4 Å². The second-order valence-corrected chi connectivity index (χ2v) is 9.94. The van der Waals surface area contributed by atoms with Gasteiger partial charge in [0.05, 0.1) is 10.4 Å². The maximum Gasteiger partial charge on any atom is 0.235 e. The predicted molar refractivity (Wildman–Crippen MR) is 107 cm³/mol. The van der Waals surface area contributed by atoms with Crippen LogP contribution in [0, 0.1) is 5.82 Å². The van der Waals surface area contributed by atoms with E-state index in [0.29, 0.717) is 22.5 Å². The van der Waals surface area contributed by atoms with Crippen LogP contribution in [-0.2, 0) is 9.84 Å². The molecule has 1 fully saturated rings. The minimum Gasteiger partial charge on any atom is -0.473 e. The Balaban J connectivity index is 1.69. The summed E-state index contributed by atoms with van der Waals surface area (Å²) in [5, 5.41) is 1.80. The zero-order chi connectivity index (χ0) is 19.9. The summed E-state index contributed by atoms with van der Waals surface area (Å²) in [4.78, 5) is 10.8. The zero-order valence-electron chi connectivity index (χ0n) is 15.6. The van der Waals surface area contributed by atoms with Gasteiger partial charge in [-0.1, -0.05) is 6.07 Å². The fourth-order valence-corrected chi connectivity index (χ4v) is 4.89. The van der Waals surface area contributed by atoms with Gasteiger partial charge < -0.3 is 9.64 Å². The Morgan fingerprint density at radius 2 is 1.96 bits per heavy atom. The van der Waals surface area contributed by atoms with Crippen molar-refractivity contribution in [2.75, 3.05) is 26.4 Å². The van der Waals surface area contributed by atoms with Crippen LogP contribution in [0.4, 0.5) is 4.39 Å². The van der Waals surface area contributed by atoms with Gasteiger partial charge in [0.2, 0.25) is 5.88 Å². The number of benzene rings is 1. The van der Waals surface area contributed by atoms with Crippen LogP contribution in [0.3, 0.4) is 0 Å². The first-order chi connectivity index (χ1) is 13.3. The Labute approximate surface area is 166 Å². The van der Waals surface area contributed by atoms with Crippen molar-refractivity contribution in [2.45, 2.75) is 23.8 Å². The summed E-state index contributed by atoms with van der Waals surface area (Å²) < 4.78 is 44.8. The summed E-state index contributed by atoms with van der Waals surface area (Å²) in [5.74, 6) is -0.0806. The van der Waals surface area contributed by atoms with E-state index in [4.69, 9.17) is 4.74 Å². The van der Waals surface area contributed by atoms with Gasteiger partial charge in [-0.2, -0.15) is 0 Å². The van der Waals surface area contributed by atoms with Crippen LogP contribution in [0.5, 0.6) is 5.88 Å². The average Bonchev–Trinajstić information content (AvgIpc) is 3.08. The van der Waals surface area contributed by atoms with Crippen molar-refractivity contribution in [3.63, 3.8) is 0 Å². The van der Waals surface area contributed by atoms with Gasteiger partial charge in [-0.25, -0.2) is 22.8 Å². The van der Waals surface area contributed by atoms with E-state index in [9.17, 15) is 12.8 Å². The molecule has 2 aromatic heterocycles. The molecule has 9 heteroatoms. The molecule has 1 aliphatic heterocycles. The summed E-state index contributed by atoms with van der Waals surface area (Å²) >= 11 is 1.40. The highest BCUT2D eigenvalue weighted by Gasteiger charge is 2.22. The molecule has 3 aromatic rings. The number of thiophene rings is 1. The second kappa shape index (κ2) is 7.38. The van der Waals surface area contributed by atoms with Crippen LogP contribution >= 0.6 is 11.3 Å². The predicted octanol–water partition coefficient (Wildman–Crippen LogP) is 3.37. The van der Waals surface area contributed by atoms with E-state index in [1.54, 1.807) is 5.38 Å². The molecule has 0 atom stereocenters. The SMILES string of the molecule is CN1CCC(Oc2ncnc3c(-c4ccc(S(C)(=O)=O)cc4F)csc23)CC1. The maximum absolute atomic E-state index is 14.6. The van der Waals surface area contributed by atoms with E-state index in [-0.39, 0.29) is 11.0 Å². The summed E-state index contributed by atoms with van der Waals surface area (Å²) in [6, 6.07) is 3.94. The Morgan fingerprint density at radius 3 is 2.64 bits per heavy atom. The lowest BCUT2D eigenvalue weighted by atomic mass is 10.1. The number of piperidine rings is 1. The number of hydrogen-bond donors (Lipinski definition) is 0. The molecule has 0 spiro atoms. The van der Waals surface area contributed by atoms with Crippen LogP contribution < -0.4 is 4.74 Å². The monoisotopic (exact) mass is 421 g/mol. The summed E-state index contributed by atoms with van der Waals surface area (Å²) in [6.45, 7) is 1.96. The third kappa shape index (κ3) is 3.74. The van der Waals surface area contributed by atoms with E-state index < -0.39 is 15.7 Å². The first-order valence-corrected chi connectivity index (χ1v) is 11.7. The molecule has 0 bridgehead atoms. The van der Waals surface area contributed by atoms with Crippen molar-refractivity contribution in [3.8, 4) is 17.0 Å². The number of sulfone groups is 1. The van der Waals surface area contributed by atoms with Gasteiger partial charge in [-0.15, -0.1) is 11.3 Å². The number of ether oxygens (including phenoxy) is 1. The van der Waals surface area contributed by atoms with E-state index in [2.05, 4.69) is 21.9 Å². The lowest BCUT2D eigenvalue weighted by molar-refractivity contribution is 0.111. The van der Waals surface area contributed by atoms with Gasteiger partial charge in [0, 0.05) is 35.9 Å². The highest BCUT2D eigenvalue weighted by molar-refractivity contribution is 7.90. The zero-order valence-corrected chi connectivity index (χ0v) is 17.2. The average molecular weight is 422 g/mol. The van der Waals surface area contributed by atoms with Gasteiger partial charge in [0.15, 0.2) is 9.84 Å². The molecule has 28 heavy (non-hydrogen) atoms. The summed E-state index contributed by atoms with van der Waals surface area (Å²) in [7, 11) is -1.38. The Hall–Kier alpha value is -2.10. The summed E-state index contributed by atoms with van der Waals surface area (Å²) in [5.41, 5.74) is 1.52. The first kappa shape index (κ1) is 19.2. The van der Waals surface area contributed by atoms with Crippen molar-refractivity contribution < 1.29 is 17.5 Å². The van der Waals surface area contributed by atoms with Gasteiger partial charge in [-0.05, 0) is 32.0 Å². The molecule has 0 N–H and O–H groups in total. The lowest BCUT2D eigenvalue weighted by Crippen LogP contribution is -2.35. The first-order valence-electron chi connectivity index (χ1n) is 8.90. The molecule has 1 aliphatic rings. The van der Waals surface area contributed by atoms with Gasteiger partial charge >= 0.3 is 0 Å². The van der Waals surface area contributed by atoms with Crippen LogP contribution in [0.1, 0.15) is 12.8 Å². The van der Waals surface area contributed by atoms with E-state index in [1.165, 1.54) is 29.8 Å². The van der Waals surface area contributed by atoms with Crippen LogP contribution in [0.2, 0.25) is 0 Å². The molecule has 0 saturated carbocycles. The number of nitrogens with zero attached hydrogens (tertiary/aromatic N) is 3. The van der Waals surface area contributed by atoms with Crippen molar-refractivity contribution in [2.24, 2.45) is 0 Å². The minimum atomic E-state index is -3.47. The molecule has 0 unspecified atom stereocenters. The molecule has 4 rings (SSSR count). The minimum absolute atomic E-state index is 0.0470. The van der Waals surface area contributed by atoms with E-state index >= 15 is 0 Å². The third-order valence-electron chi connectivity index (χ3n) is 4.92. The number of fused-ring (bicyclic) bond motifs is 1. The van der Waals surface area contributed by atoms with Crippen molar-refractivity contribution in [1.29, 1.82) is 0 Å². The molecule has 0 radical (unpaired) electrons. The Bertz CT molecular complexity index is 1120. The number of rotatable bonds is 4. The fourth-order valence-electron chi connectivity index (χ4n) is 3.31. The normalized spacial score (nSPS) is 16.5. The van der Waals surface area contributed by atoms with Crippen LogP contribution in [0.15, 0.2) is 34.8 Å². The standard InChI is InChI=1S/C19H20FN3O3S2/c1-23-7-5-12(6-8-23)26-19-18-17(21-11-22-19)15(10-27-18)14-4-3-13(9-16(14)20)28(2,24)25/h3-4,9-12H,5-8H2,1-2H3. The largest absolute Gasteiger partial charge is 0.473 e. The number of halogens is 1. The molecular formula is C19H20FN3O3S2. The number of aromatic nitrogens is 2. The van der Waals surface area contributed by atoms with Crippen LogP contribution in [-0.4, -0.2) is 55.8 Å². The number of hydrogen-bond acceptors (Lipinski definition) is 7. The molecule has 0 amide bonds. The fraction of sp³-hybridized carbons (Fsp3) is 0.368. The maximum atomic E-state index is 14.6. The quantitative estimate of drug-likeness (QED) is 0.643. The molecule has 0 aliphatic carbocycles.